The van der Waals surface area contributed by atoms with Crippen LogP contribution in [0.1, 0.15) is 29.3 Å². The van der Waals surface area contributed by atoms with E-state index in [0.29, 0.717) is 28.1 Å². The summed E-state index contributed by atoms with van der Waals surface area (Å²) in [4.78, 5) is 21.5. The second-order valence-electron chi connectivity index (χ2n) is 7.56. The van der Waals surface area contributed by atoms with Crippen molar-refractivity contribution in [3.63, 3.8) is 0 Å². The number of hydrogen-bond donors (Lipinski definition) is 1. The molecule has 9 nitrogen and oxygen atoms in total. The zero-order valence-electron chi connectivity index (χ0n) is 18.6. The fourth-order valence-corrected chi connectivity index (χ4v) is 5.35. The molecule has 4 aromatic rings. The molecule has 172 valence electrons. The highest BCUT2D eigenvalue weighted by Gasteiger charge is 2.29. The molecule has 0 radical (unpaired) electrons. The van der Waals surface area contributed by atoms with Gasteiger partial charge in [0, 0.05) is 42.8 Å². The van der Waals surface area contributed by atoms with Gasteiger partial charge in [0.25, 0.3) is 15.6 Å². The summed E-state index contributed by atoms with van der Waals surface area (Å²) in [6, 6.07) is 15.4. The largest absolute Gasteiger partial charge is 0.294 e. The van der Waals surface area contributed by atoms with Crippen LogP contribution in [0.3, 0.4) is 0 Å². The van der Waals surface area contributed by atoms with E-state index >= 15 is 0 Å². The molecule has 3 heterocycles. The van der Waals surface area contributed by atoms with Crippen molar-refractivity contribution in [1.82, 2.24) is 19.7 Å². The van der Waals surface area contributed by atoms with E-state index in [1.54, 1.807) is 50.4 Å². The number of nitrogens with one attached hydrogen (secondary N) is 1. The van der Waals surface area contributed by atoms with Gasteiger partial charge in [-0.2, -0.15) is 9.94 Å². The van der Waals surface area contributed by atoms with Gasteiger partial charge in [0.15, 0.2) is 5.82 Å². The fourth-order valence-electron chi connectivity index (χ4n) is 3.74. The van der Waals surface area contributed by atoms with Crippen molar-refractivity contribution in [3.8, 4) is 11.9 Å². The molecular formula is C24H22N6O3S. The van der Waals surface area contributed by atoms with Crippen LogP contribution >= 0.6 is 0 Å². The van der Waals surface area contributed by atoms with Gasteiger partial charge in [-0.1, -0.05) is 18.2 Å². The minimum atomic E-state index is -4.03. The van der Waals surface area contributed by atoms with Crippen molar-refractivity contribution >= 4 is 15.7 Å². The zero-order valence-corrected chi connectivity index (χ0v) is 19.5. The van der Waals surface area contributed by atoms with Crippen molar-refractivity contribution in [1.29, 1.82) is 5.26 Å². The van der Waals surface area contributed by atoms with E-state index in [1.807, 2.05) is 12.1 Å². The highest BCUT2D eigenvalue weighted by Crippen LogP contribution is 2.26. The van der Waals surface area contributed by atoms with E-state index in [1.165, 1.54) is 28.8 Å². The molecule has 0 amide bonds. The quantitative estimate of drug-likeness (QED) is 0.439. The molecule has 0 aliphatic carbocycles. The average molecular weight is 475 g/mol. The van der Waals surface area contributed by atoms with E-state index in [4.69, 9.17) is 5.26 Å². The predicted molar refractivity (Wildman–Crippen MR) is 127 cm³/mol. The van der Waals surface area contributed by atoms with Crippen molar-refractivity contribution in [3.05, 3.63) is 99.9 Å². The van der Waals surface area contributed by atoms with Crippen LogP contribution in [0.2, 0.25) is 0 Å². The third-order valence-electron chi connectivity index (χ3n) is 5.36. The summed E-state index contributed by atoms with van der Waals surface area (Å²) in [7, 11) is -4.03. The van der Waals surface area contributed by atoms with Crippen LogP contribution in [0, 0.1) is 18.3 Å². The Labute approximate surface area is 197 Å². The lowest BCUT2D eigenvalue weighted by Gasteiger charge is -2.23. The molecule has 0 bridgehead atoms. The summed E-state index contributed by atoms with van der Waals surface area (Å²) >= 11 is 0. The van der Waals surface area contributed by atoms with E-state index in [2.05, 4.69) is 15.1 Å². The van der Waals surface area contributed by atoms with Gasteiger partial charge in [0.1, 0.15) is 11.0 Å². The Kier molecular flexibility index (Phi) is 6.30. The van der Waals surface area contributed by atoms with Gasteiger partial charge in [-0.15, -0.1) is 0 Å². The first-order valence-electron chi connectivity index (χ1n) is 10.5. The minimum absolute atomic E-state index is 0.0138. The van der Waals surface area contributed by atoms with Crippen LogP contribution in [-0.4, -0.2) is 34.7 Å². The maximum Gasteiger partial charge on any atom is 0.276 e. The summed E-state index contributed by atoms with van der Waals surface area (Å²) in [6.07, 6.45) is 4.71. The smallest absolute Gasteiger partial charge is 0.276 e. The number of anilines is 1. The predicted octanol–water partition coefficient (Wildman–Crippen LogP) is 2.94. The Bertz CT molecular complexity index is 1530. The summed E-state index contributed by atoms with van der Waals surface area (Å²) in [5.41, 5.74) is 2.18. The summed E-state index contributed by atoms with van der Waals surface area (Å²) < 4.78 is 29.7. The topological polar surface area (TPSA) is 125 Å². The molecule has 34 heavy (non-hydrogen) atoms. The van der Waals surface area contributed by atoms with Gasteiger partial charge < -0.3 is 0 Å². The van der Waals surface area contributed by atoms with Crippen LogP contribution in [0.4, 0.5) is 5.69 Å². The number of aromatic nitrogens is 4. The Balaban J connectivity index is 1.80. The number of hydrogen-bond acceptors (Lipinski definition) is 6. The number of aromatic amines is 1. The standard InChI is InChI=1S/C24H22N6O3S/c1-3-29(20-8-5-4-6-9-20)34(32,33)22-10-7-11-27-23(22)30-24(31)21(17(2)28-30)13-18-12-19(14-25)16-26-15-18/h4-12,15-16,28H,3,13H2,1-2H3. The molecule has 1 aromatic carbocycles. The number of para-hydroxylation sites is 1. The Hall–Kier alpha value is -4.23. The summed E-state index contributed by atoms with van der Waals surface area (Å²) in [6.45, 7) is 3.67. The summed E-state index contributed by atoms with van der Waals surface area (Å²) in [5, 5.41) is 12.1. The zero-order chi connectivity index (χ0) is 24.3. The van der Waals surface area contributed by atoms with E-state index < -0.39 is 15.6 Å². The van der Waals surface area contributed by atoms with Crippen molar-refractivity contribution in [2.24, 2.45) is 0 Å². The SMILES string of the molecule is CCN(c1ccccc1)S(=O)(=O)c1cccnc1-n1[nH]c(C)c(Cc2cncc(C#N)c2)c1=O. The monoisotopic (exact) mass is 474 g/mol. The molecule has 3 aromatic heterocycles. The molecule has 0 unspecified atom stereocenters. The Morgan fingerprint density at radius 2 is 1.91 bits per heavy atom. The lowest BCUT2D eigenvalue weighted by molar-refractivity contribution is 0.589. The summed E-state index contributed by atoms with van der Waals surface area (Å²) in [5.74, 6) is -0.0138. The third kappa shape index (κ3) is 4.21. The number of sulfonamides is 1. The van der Waals surface area contributed by atoms with Gasteiger partial charge in [-0.05, 0) is 49.7 Å². The lowest BCUT2D eigenvalue weighted by Crippen LogP contribution is -2.32. The fraction of sp³-hybridized carbons (Fsp3) is 0.167. The molecule has 1 N–H and O–H groups in total. The van der Waals surface area contributed by atoms with Gasteiger partial charge in [-0.3, -0.25) is 19.2 Å². The number of pyridine rings is 2. The maximum absolute atomic E-state index is 13.6. The average Bonchev–Trinajstić information content (AvgIpc) is 3.13. The van der Waals surface area contributed by atoms with Crippen molar-refractivity contribution in [2.75, 3.05) is 10.8 Å². The molecule has 0 saturated carbocycles. The van der Waals surface area contributed by atoms with Crippen LogP contribution in [0.25, 0.3) is 5.82 Å². The van der Waals surface area contributed by atoms with Crippen LogP contribution < -0.4 is 9.86 Å². The van der Waals surface area contributed by atoms with E-state index in [0.717, 1.165) is 4.68 Å². The second kappa shape index (κ2) is 9.33. The first-order chi connectivity index (χ1) is 16.4. The highest BCUT2D eigenvalue weighted by atomic mass is 32.2. The number of rotatable bonds is 7. The highest BCUT2D eigenvalue weighted by molar-refractivity contribution is 7.93. The van der Waals surface area contributed by atoms with Crippen LogP contribution in [-0.2, 0) is 16.4 Å². The molecule has 0 aliphatic rings. The van der Waals surface area contributed by atoms with Crippen LogP contribution in [0.15, 0.2) is 76.8 Å². The molecule has 10 heteroatoms. The minimum Gasteiger partial charge on any atom is -0.294 e. The first-order valence-corrected chi connectivity index (χ1v) is 12.0. The number of nitrogens with zero attached hydrogens (tertiary/aromatic N) is 5. The second-order valence-corrected chi connectivity index (χ2v) is 9.39. The third-order valence-corrected chi connectivity index (χ3v) is 7.28. The number of aryl methyl sites for hydroxylation is 1. The molecule has 0 aliphatic heterocycles. The normalized spacial score (nSPS) is 11.2. The van der Waals surface area contributed by atoms with Gasteiger partial charge in [0.05, 0.1) is 11.3 Å². The van der Waals surface area contributed by atoms with Crippen molar-refractivity contribution in [2.45, 2.75) is 25.2 Å². The first kappa shape index (κ1) is 22.9. The molecule has 0 saturated heterocycles. The van der Waals surface area contributed by atoms with Gasteiger partial charge >= 0.3 is 0 Å². The molecule has 0 fully saturated rings. The van der Waals surface area contributed by atoms with E-state index in [9.17, 15) is 13.2 Å². The number of nitriles is 1. The maximum atomic E-state index is 13.6. The number of benzene rings is 1. The Morgan fingerprint density at radius 3 is 2.62 bits per heavy atom. The lowest BCUT2D eigenvalue weighted by atomic mass is 10.1. The molecule has 0 spiro atoms. The molecule has 4 rings (SSSR count). The van der Waals surface area contributed by atoms with Crippen LogP contribution in [0.5, 0.6) is 0 Å². The Morgan fingerprint density at radius 1 is 1.15 bits per heavy atom. The van der Waals surface area contributed by atoms with Gasteiger partial charge in [-0.25, -0.2) is 13.4 Å². The van der Waals surface area contributed by atoms with Crippen molar-refractivity contribution < 1.29 is 8.42 Å². The molecular weight excluding hydrogens is 452 g/mol. The van der Waals surface area contributed by atoms with E-state index in [-0.39, 0.29) is 23.7 Å². The number of H-pyrrole nitrogens is 1. The molecule has 0 atom stereocenters. The van der Waals surface area contributed by atoms with Gasteiger partial charge in [0.2, 0.25) is 0 Å².